The number of nitrogens with zero attached hydrogens (tertiary/aromatic N) is 1. The largest absolute Gasteiger partial charge is 0.464 e. The van der Waals surface area contributed by atoms with Crippen LogP contribution in [0, 0.1) is 0 Å². The fraction of sp³-hybridized carbons (Fsp3) is 0.300. The van der Waals surface area contributed by atoms with Crippen molar-refractivity contribution in [1.82, 2.24) is 4.57 Å². The maximum atomic E-state index is 11.0. The van der Waals surface area contributed by atoms with Crippen molar-refractivity contribution in [3.63, 3.8) is 0 Å². The molecule has 0 aliphatic carbocycles. The number of esters is 1. The number of methoxy groups -OCH3 is 1. The maximum Gasteiger partial charge on any atom is 0.353 e. The fourth-order valence-corrected chi connectivity index (χ4v) is 1.24. The van der Waals surface area contributed by atoms with Crippen LogP contribution >= 0.6 is 0 Å². The summed E-state index contributed by atoms with van der Waals surface area (Å²) in [6.07, 6.45) is 3.35. The molecule has 1 aromatic heterocycles. The van der Waals surface area contributed by atoms with Gasteiger partial charge in [-0.2, -0.15) is 0 Å². The Morgan fingerprint density at radius 1 is 1.67 bits per heavy atom. The molecule has 0 saturated heterocycles. The van der Waals surface area contributed by atoms with Gasteiger partial charge >= 0.3 is 5.97 Å². The van der Waals surface area contributed by atoms with E-state index in [9.17, 15) is 4.79 Å². The van der Waals surface area contributed by atoms with Gasteiger partial charge in [0.2, 0.25) is 0 Å². The van der Waals surface area contributed by atoms with E-state index in [2.05, 4.69) is 4.74 Å². The molecule has 0 fully saturated rings. The minimum Gasteiger partial charge on any atom is -0.464 e. The van der Waals surface area contributed by atoms with Crippen LogP contribution in [-0.2, 0) is 16.1 Å². The van der Waals surface area contributed by atoms with Gasteiger partial charge in [-0.3, -0.25) is 0 Å². The number of carbonyl (C=O) groups is 1. The minimum atomic E-state index is -0.557. The van der Waals surface area contributed by atoms with Crippen LogP contribution < -0.4 is 11.5 Å². The third kappa shape index (κ3) is 2.31. The summed E-state index contributed by atoms with van der Waals surface area (Å²) < 4.78 is 6.33. The molecular formula is C10H15N3O2. The van der Waals surface area contributed by atoms with E-state index in [1.165, 1.54) is 13.2 Å². The highest BCUT2D eigenvalue weighted by atomic mass is 16.5. The summed E-state index contributed by atoms with van der Waals surface area (Å²) in [6, 6.07) is 1.80. The van der Waals surface area contributed by atoms with Crippen LogP contribution in [0.2, 0.25) is 0 Å². The lowest BCUT2D eigenvalue weighted by atomic mass is 10.2. The van der Waals surface area contributed by atoms with Crippen LogP contribution in [0.1, 0.15) is 12.5 Å². The van der Waals surface area contributed by atoms with Gasteiger partial charge in [0.25, 0.3) is 0 Å². The zero-order valence-corrected chi connectivity index (χ0v) is 8.86. The van der Waals surface area contributed by atoms with E-state index in [0.717, 1.165) is 12.1 Å². The number of aryl methyl sites for hydroxylation is 1. The van der Waals surface area contributed by atoms with E-state index < -0.39 is 5.97 Å². The molecule has 5 heteroatoms. The summed E-state index contributed by atoms with van der Waals surface area (Å²) in [6.45, 7) is 2.76. The van der Waals surface area contributed by atoms with E-state index in [1.807, 2.05) is 17.7 Å². The van der Waals surface area contributed by atoms with Crippen molar-refractivity contribution in [1.29, 1.82) is 0 Å². The number of aromatic nitrogens is 1. The molecule has 0 aliphatic rings. The van der Waals surface area contributed by atoms with E-state index in [1.54, 1.807) is 6.07 Å². The average molecular weight is 209 g/mol. The molecule has 82 valence electrons. The zero-order chi connectivity index (χ0) is 11.4. The second-order valence-corrected chi connectivity index (χ2v) is 3.03. The predicted molar refractivity (Wildman–Crippen MR) is 58.7 cm³/mol. The van der Waals surface area contributed by atoms with E-state index in [4.69, 9.17) is 11.5 Å². The van der Waals surface area contributed by atoms with E-state index in [0.29, 0.717) is 5.82 Å². The standard InChI is InChI=1S/C10H15N3O2/c1-3-13-5-4-7(9(13)12)6-8(11)10(14)15-2/h4-6H,3,11-12H2,1-2H3/b8-6-. The number of carbonyl (C=O) groups excluding carboxylic acids is 1. The van der Waals surface area contributed by atoms with Gasteiger partial charge < -0.3 is 20.8 Å². The molecule has 0 bridgehead atoms. The SMILES string of the molecule is CCn1ccc(/C=C(\N)C(=O)OC)c1N. The van der Waals surface area contributed by atoms with Crippen LogP contribution in [0.15, 0.2) is 18.0 Å². The third-order valence-corrected chi connectivity index (χ3v) is 2.11. The summed E-state index contributed by atoms with van der Waals surface area (Å²) >= 11 is 0. The summed E-state index contributed by atoms with van der Waals surface area (Å²) in [4.78, 5) is 11.0. The first kappa shape index (κ1) is 11.2. The minimum absolute atomic E-state index is 0.0399. The molecule has 0 spiro atoms. The molecule has 0 saturated carbocycles. The smallest absolute Gasteiger partial charge is 0.353 e. The van der Waals surface area contributed by atoms with Crippen molar-refractivity contribution in [3.05, 3.63) is 23.5 Å². The zero-order valence-electron chi connectivity index (χ0n) is 8.86. The summed E-state index contributed by atoms with van der Waals surface area (Å²) in [7, 11) is 1.28. The van der Waals surface area contributed by atoms with E-state index >= 15 is 0 Å². The Balaban J connectivity index is 2.98. The Hall–Kier alpha value is -1.91. The highest BCUT2D eigenvalue weighted by molar-refractivity contribution is 5.93. The number of nitrogens with two attached hydrogens (primary N) is 2. The molecule has 0 radical (unpaired) electrons. The molecule has 0 aromatic carbocycles. The second-order valence-electron chi connectivity index (χ2n) is 3.03. The Morgan fingerprint density at radius 2 is 2.33 bits per heavy atom. The van der Waals surface area contributed by atoms with Crippen molar-refractivity contribution in [3.8, 4) is 0 Å². The molecule has 0 unspecified atom stereocenters. The number of anilines is 1. The monoisotopic (exact) mass is 209 g/mol. The lowest BCUT2D eigenvalue weighted by Crippen LogP contribution is -2.12. The van der Waals surface area contributed by atoms with Crippen molar-refractivity contribution >= 4 is 17.9 Å². The average Bonchev–Trinajstić information content (AvgIpc) is 2.58. The number of hydrogen-bond donors (Lipinski definition) is 2. The second kappa shape index (κ2) is 4.54. The molecule has 1 aromatic rings. The van der Waals surface area contributed by atoms with Gasteiger partial charge in [-0.05, 0) is 19.1 Å². The van der Waals surface area contributed by atoms with Gasteiger partial charge in [0.15, 0.2) is 0 Å². The number of rotatable bonds is 3. The first-order valence-electron chi connectivity index (χ1n) is 4.60. The summed E-state index contributed by atoms with van der Waals surface area (Å²) in [5, 5.41) is 0. The Kier molecular flexibility index (Phi) is 3.38. The quantitative estimate of drug-likeness (QED) is 0.563. The summed E-state index contributed by atoms with van der Waals surface area (Å²) in [5.41, 5.74) is 12.1. The van der Waals surface area contributed by atoms with Gasteiger partial charge in [0.1, 0.15) is 11.5 Å². The molecule has 15 heavy (non-hydrogen) atoms. The molecule has 1 heterocycles. The first-order valence-corrected chi connectivity index (χ1v) is 4.60. The fourth-order valence-electron chi connectivity index (χ4n) is 1.24. The molecule has 4 N–H and O–H groups in total. The molecule has 0 atom stereocenters. The molecule has 5 nitrogen and oxygen atoms in total. The Labute approximate surface area is 88.3 Å². The number of hydrogen-bond acceptors (Lipinski definition) is 4. The van der Waals surface area contributed by atoms with Gasteiger partial charge in [-0.1, -0.05) is 0 Å². The number of nitrogen functional groups attached to an aromatic ring is 1. The number of ether oxygens (including phenoxy) is 1. The van der Waals surface area contributed by atoms with Crippen LogP contribution in [0.4, 0.5) is 5.82 Å². The van der Waals surface area contributed by atoms with Gasteiger partial charge in [-0.15, -0.1) is 0 Å². The molecule has 0 aliphatic heterocycles. The molecular weight excluding hydrogens is 194 g/mol. The molecule has 1 rings (SSSR count). The summed E-state index contributed by atoms with van der Waals surface area (Å²) in [5.74, 6) is 0.0306. The topological polar surface area (TPSA) is 83.3 Å². The van der Waals surface area contributed by atoms with Crippen LogP contribution in [-0.4, -0.2) is 17.6 Å². The van der Waals surface area contributed by atoms with Gasteiger partial charge in [0, 0.05) is 18.3 Å². The van der Waals surface area contributed by atoms with Gasteiger partial charge in [-0.25, -0.2) is 4.79 Å². The third-order valence-electron chi connectivity index (χ3n) is 2.11. The van der Waals surface area contributed by atoms with Crippen molar-refractivity contribution in [2.24, 2.45) is 5.73 Å². The van der Waals surface area contributed by atoms with Gasteiger partial charge in [0.05, 0.1) is 7.11 Å². The molecule has 0 amide bonds. The lowest BCUT2D eigenvalue weighted by Gasteiger charge is -2.02. The van der Waals surface area contributed by atoms with Crippen LogP contribution in [0.25, 0.3) is 6.08 Å². The van der Waals surface area contributed by atoms with Crippen molar-refractivity contribution in [2.45, 2.75) is 13.5 Å². The lowest BCUT2D eigenvalue weighted by molar-refractivity contribution is -0.136. The van der Waals surface area contributed by atoms with Crippen LogP contribution in [0.3, 0.4) is 0 Å². The highest BCUT2D eigenvalue weighted by Crippen LogP contribution is 2.16. The van der Waals surface area contributed by atoms with Crippen LogP contribution in [0.5, 0.6) is 0 Å². The normalized spacial score (nSPS) is 11.5. The maximum absolute atomic E-state index is 11.0. The highest BCUT2D eigenvalue weighted by Gasteiger charge is 2.07. The van der Waals surface area contributed by atoms with E-state index in [-0.39, 0.29) is 5.70 Å². The van der Waals surface area contributed by atoms with Crippen molar-refractivity contribution in [2.75, 3.05) is 12.8 Å². The Bertz CT molecular complexity index is 393. The first-order chi connectivity index (χ1) is 7.10. The predicted octanol–water partition coefficient (Wildman–Crippen LogP) is 0.563. The van der Waals surface area contributed by atoms with Crippen molar-refractivity contribution < 1.29 is 9.53 Å². The Morgan fingerprint density at radius 3 is 2.80 bits per heavy atom.